The largest absolute Gasteiger partial charge is 0.339 e. The number of benzene rings is 1. The molecular formula is C18H26N2O. The van der Waals surface area contributed by atoms with Crippen molar-refractivity contribution < 1.29 is 4.79 Å². The van der Waals surface area contributed by atoms with Crippen molar-refractivity contribution in [1.29, 1.82) is 0 Å². The molecule has 0 bridgehead atoms. The molecule has 3 unspecified atom stereocenters. The van der Waals surface area contributed by atoms with Gasteiger partial charge in [-0.25, -0.2) is 0 Å². The molecule has 2 aliphatic rings. The SMILES string of the molecule is CC1(C(=O)N2CCCC2Cc2ccccc2)CCCC1N. The van der Waals surface area contributed by atoms with Crippen molar-refractivity contribution in [1.82, 2.24) is 4.90 Å². The lowest BCUT2D eigenvalue weighted by atomic mass is 9.83. The van der Waals surface area contributed by atoms with Crippen LogP contribution in [0.3, 0.4) is 0 Å². The fourth-order valence-electron chi connectivity index (χ4n) is 3.99. The highest BCUT2D eigenvalue weighted by atomic mass is 16.2. The summed E-state index contributed by atoms with van der Waals surface area (Å²) in [5.74, 6) is 0.297. The molecule has 3 nitrogen and oxygen atoms in total. The van der Waals surface area contributed by atoms with Gasteiger partial charge in [-0.05, 0) is 44.6 Å². The molecule has 1 saturated heterocycles. The van der Waals surface area contributed by atoms with E-state index >= 15 is 0 Å². The summed E-state index contributed by atoms with van der Waals surface area (Å²) in [4.78, 5) is 15.1. The van der Waals surface area contributed by atoms with Gasteiger partial charge in [0.05, 0.1) is 5.41 Å². The highest BCUT2D eigenvalue weighted by Crippen LogP contribution is 2.40. The van der Waals surface area contributed by atoms with E-state index in [1.54, 1.807) is 0 Å². The Morgan fingerprint density at radius 2 is 2.05 bits per heavy atom. The van der Waals surface area contributed by atoms with Crippen molar-refractivity contribution >= 4 is 5.91 Å². The number of likely N-dealkylation sites (tertiary alicyclic amines) is 1. The first-order valence-corrected chi connectivity index (χ1v) is 8.22. The molecule has 0 radical (unpaired) electrons. The summed E-state index contributed by atoms with van der Waals surface area (Å²) in [5, 5.41) is 0. The smallest absolute Gasteiger partial charge is 0.230 e. The molecule has 0 aromatic heterocycles. The molecule has 1 amide bonds. The second-order valence-corrected chi connectivity index (χ2v) is 6.90. The van der Waals surface area contributed by atoms with Gasteiger partial charge < -0.3 is 10.6 Å². The summed E-state index contributed by atoms with van der Waals surface area (Å²) in [7, 11) is 0. The highest BCUT2D eigenvalue weighted by molar-refractivity contribution is 5.84. The Balaban J connectivity index is 1.73. The number of nitrogens with two attached hydrogens (primary N) is 1. The summed E-state index contributed by atoms with van der Waals surface area (Å²) in [6.07, 6.45) is 6.22. The molecule has 1 aliphatic carbocycles. The van der Waals surface area contributed by atoms with Gasteiger partial charge in [0.2, 0.25) is 5.91 Å². The van der Waals surface area contributed by atoms with Crippen LogP contribution in [0, 0.1) is 5.41 Å². The predicted octanol–water partition coefficient (Wildman–Crippen LogP) is 2.74. The van der Waals surface area contributed by atoms with E-state index in [0.717, 1.165) is 45.1 Å². The van der Waals surface area contributed by atoms with Crippen molar-refractivity contribution in [3.05, 3.63) is 35.9 Å². The molecule has 3 rings (SSSR count). The minimum absolute atomic E-state index is 0.0305. The summed E-state index contributed by atoms with van der Waals surface area (Å²) in [6, 6.07) is 10.9. The van der Waals surface area contributed by atoms with E-state index in [-0.39, 0.29) is 11.5 Å². The molecular weight excluding hydrogens is 260 g/mol. The molecule has 114 valence electrons. The second-order valence-electron chi connectivity index (χ2n) is 6.90. The van der Waals surface area contributed by atoms with E-state index in [1.165, 1.54) is 5.56 Å². The van der Waals surface area contributed by atoms with E-state index in [2.05, 4.69) is 36.1 Å². The van der Waals surface area contributed by atoms with Crippen LogP contribution in [-0.2, 0) is 11.2 Å². The number of carbonyl (C=O) groups is 1. The van der Waals surface area contributed by atoms with Crippen molar-refractivity contribution in [2.24, 2.45) is 11.1 Å². The quantitative estimate of drug-likeness (QED) is 0.928. The Morgan fingerprint density at radius 3 is 2.71 bits per heavy atom. The van der Waals surface area contributed by atoms with Crippen LogP contribution in [0.25, 0.3) is 0 Å². The van der Waals surface area contributed by atoms with Crippen LogP contribution in [-0.4, -0.2) is 29.4 Å². The Bertz CT molecular complexity index is 501. The number of hydrogen-bond donors (Lipinski definition) is 1. The fourth-order valence-corrected chi connectivity index (χ4v) is 3.99. The maximum Gasteiger partial charge on any atom is 0.230 e. The van der Waals surface area contributed by atoms with Crippen LogP contribution in [0.15, 0.2) is 30.3 Å². The Morgan fingerprint density at radius 1 is 1.29 bits per heavy atom. The number of amides is 1. The number of nitrogens with zero attached hydrogens (tertiary/aromatic N) is 1. The van der Waals surface area contributed by atoms with E-state index in [1.807, 2.05) is 6.07 Å². The van der Waals surface area contributed by atoms with Gasteiger partial charge in [-0.1, -0.05) is 36.8 Å². The van der Waals surface area contributed by atoms with Crippen LogP contribution in [0.1, 0.15) is 44.6 Å². The van der Waals surface area contributed by atoms with Gasteiger partial charge in [-0.2, -0.15) is 0 Å². The van der Waals surface area contributed by atoms with E-state index in [0.29, 0.717) is 11.9 Å². The van der Waals surface area contributed by atoms with Crippen molar-refractivity contribution in [2.75, 3.05) is 6.54 Å². The molecule has 2 fully saturated rings. The van der Waals surface area contributed by atoms with Gasteiger partial charge in [0.25, 0.3) is 0 Å². The summed E-state index contributed by atoms with van der Waals surface area (Å²) in [6.45, 7) is 2.98. The first-order chi connectivity index (χ1) is 10.1. The van der Waals surface area contributed by atoms with Crippen LogP contribution < -0.4 is 5.73 Å². The van der Waals surface area contributed by atoms with Gasteiger partial charge in [0.15, 0.2) is 0 Å². The van der Waals surface area contributed by atoms with E-state index in [4.69, 9.17) is 5.73 Å². The third kappa shape index (κ3) is 2.71. The lowest BCUT2D eigenvalue weighted by molar-refractivity contribution is -0.142. The van der Waals surface area contributed by atoms with Crippen LogP contribution in [0.5, 0.6) is 0 Å². The van der Waals surface area contributed by atoms with Gasteiger partial charge in [-0.15, -0.1) is 0 Å². The maximum absolute atomic E-state index is 13.0. The molecule has 1 aliphatic heterocycles. The molecule has 3 atom stereocenters. The number of rotatable bonds is 3. The first kappa shape index (κ1) is 14.6. The monoisotopic (exact) mass is 286 g/mol. The summed E-state index contributed by atoms with van der Waals surface area (Å²) >= 11 is 0. The molecule has 1 heterocycles. The lowest BCUT2D eigenvalue weighted by Gasteiger charge is -2.35. The van der Waals surface area contributed by atoms with Crippen LogP contribution in [0.2, 0.25) is 0 Å². The first-order valence-electron chi connectivity index (χ1n) is 8.22. The summed E-state index contributed by atoms with van der Waals surface area (Å²) < 4.78 is 0. The highest BCUT2D eigenvalue weighted by Gasteiger charge is 2.47. The third-order valence-electron chi connectivity index (χ3n) is 5.47. The minimum Gasteiger partial charge on any atom is -0.339 e. The Labute approximate surface area is 127 Å². The lowest BCUT2D eigenvalue weighted by Crippen LogP contribution is -2.51. The molecule has 1 aromatic rings. The molecule has 21 heavy (non-hydrogen) atoms. The zero-order valence-electron chi connectivity index (χ0n) is 12.9. The van der Waals surface area contributed by atoms with Gasteiger partial charge in [0, 0.05) is 18.6 Å². The molecule has 1 saturated carbocycles. The zero-order chi connectivity index (χ0) is 14.9. The molecule has 1 aromatic carbocycles. The van der Waals surface area contributed by atoms with Crippen molar-refractivity contribution in [3.63, 3.8) is 0 Å². The third-order valence-corrected chi connectivity index (χ3v) is 5.47. The minimum atomic E-state index is -0.334. The van der Waals surface area contributed by atoms with Crippen molar-refractivity contribution in [3.8, 4) is 0 Å². The topological polar surface area (TPSA) is 46.3 Å². The standard InChI is InChI=1S/C18H26N2O/c1-18(11-5-10-16(18)19)17(21)20-12-6-9-15(20)13-14-7-3-2-4-8-14/h2-4,7-8,15-16H,5-6,9-13,19H2,1H3. The van der Waals surface area contributed by atoms with E-state index < -0.39 is 0 Å². The zero-order valence-corrected chi connectivity index (χ0v) is 12.9. The fraction of sp³-hybridized carbons (Fsp3) is 0.611. The Kier molecular flexibility index (Phi) is 4.03. The normalized spacial score (nSPS) is 32.6. The van der Waals surface area contributed by atoms with Crippen LogP contribution >= 0.6 is 0 Å². The van der Waals surface area contributed by atoms with Gasteiger partial charge >= 0.3 is 0 Å². The molecule has 2 N–H and O–H groups in total. The van der Waals surface area contributed by atoms with Gasteiger partial charge in [0.1, 0.15) is 0 Å². The molecule has 0 spiro atoms. The average Bonchev–Trinajstić information content (AvgIpc) is 3.08. The number of hydrogen-bond acceptors (Lipinski definition) is 2. The number of carbonyl (C=O) groups excluding carboxylic acids is 1. The second kappa shape index (κ2) is 5.80. The predicted molar refractivity (Wildman–Crippen MR) is 84.8 cm³/mol. The van der Waals surface area contributed by atoms with Gasteiger partial charge in [-0.3, -0.25) is 4.79 Å². The van der Waals surface area contributed by atoms with Crippen LogP contribution in [0.4, 0.5) is 0 Å². The maximum atomic E-state index is 13.0. The molecule has 3 heteroatoms. The Hall–Kier alpha value is -1.35. The average molecular weight is 286 g/mol. The van der Waals surface area contributed by atoms with E-state index in [9.17, 15) is 4.79 Å². The van der Waals surface area contributed by atoms with Crippen molar-refractivity contribution in [2.45, 2.75) is 57.5 Å². The summed E-state index contributed by atoms with van der Waals surface area (Å²) in [5.41, 5.74) is 7.22.